The van der Waals surface area contributed by atoms with Crippen molar-refractivity contribution in [3.63, 3.8) is 0 Å². The number of hydrogen-bond acceptors (Lipinski definition) is 2. The Hall–Kier alpha value is -0.570. The minimum Gasteiger partial charge on any atom is -0.396 e. The fourth-order valence-electron chi connectivity index (χ4n) is 5.54. The molecule has 4 bridgehead atoms. The van der Waals surface area contributed by atoms with Gasteiger partial charge >= 0.3 is 0 Å². The van der Waals surface area contributed by atoms with Gasteiger partial charge in [-0.2, -0.15) is 0 Å². The van der Waals surface area contributed by atoms with E-state index in [1.165, 1.54) is 19.3 Å². The van der Waals surface area contributed by atoms with Crippen LogP contribution < -0.4 is 5.32 Å². The summed E-state index contributed by atoms with van der Waals surface area (Å²) in [7, 11) is 0. The van der Waals surface area contributed by atoms with Crippen LogP contribution in [0.4, 0.5) is 0 Å². The highest BCUT2D eigenvalue weighted by molar-refractivity contribution is 5.83. The molecule has 4 aliphatic carbocycles. The molecular weight excluding hydrogens is 262 g/mol. The van der Waals surface area contributed by atoms with E-state index in [0.29, 0.717) is 5.91 Å². The summed E-state index contributed by atoms with van der Waals surface area (Å²) in [4.78, 5) is 12.9. The zero-order valence-corrected chi connectivity index (χ0v) is 13.7. The van der Waals surface area contributed by atoms with Gasteiger partial charge in [-0.1, -0.05) is 13.8 Å². The zero-order chi connectivity index (χ0) is 15.1. The quantitative estimate of drug-likeness (QED) is 0.790. The van der Waals surface area contributed by atoms with Crippen LogP contribution in [0.2, 0.25) is 0 Å². The van der Waals surface area contributed by atoms with Crippen LogP contribution in [0.5, 0.6) is 0 Å². The second-order valence-corrected chi connectivity index (χ2v) is 8.87. The predicted octanol–water partition coefficient (Wildman–Crippen LogP) is 3.12. The Kier molecular flexibility index (Phi) is 4.06. The van der Waals surface area contributed by atoms with E-state index in [0.717, 1.165) is 56.4 Å². The number of carbonyl (C=O) groups is 1. The van der Waals surface area contributed by atoms with E-state index in [4.69, 9.17) is 5.11 Å². The molecule has 0 atom stereocenters. The number of nitrogens with one attached hydrogen (secondary N) is 1. The lowest BCUT2D eigenvalue weighted by Crippen LogP contribution is -2.54. The predicted molar refractivity (Wildman–Crippen MR) is 83.7 cm³/mol. The molecule has 4 saturated carbocycles. The van der Waals surface area contributed by atoms with Crippen molar-refractivity contribution in [2.24, 2.45) is 28.6 Å². The molecule has 120 valence electrons. The van der Waals surface area contributed by atoms with E-state index in [9.17, 15) is 4.79 Å². The summed E-state index contributed by atoms with van der Waals surface area (Å²) in [6.45, 7) is 5.35. The third kappa shape index (κ3) is 3.13. The third-order valence-electron chi connectivity index (χ3n) is 6.26. The first-order chi connectivity index (χ1) is 9.92. The highest BCUT2D eigenvalue weighted by Gasteiger charge is 2.54. The molecule has 4 rings (SSSR count). The van der Waals surface area contributed by atoms with Gasteiger partial charge in [-0.3, -0.25) is 4.79 Å². The lowest BCUT2D eigenvalue weighted by molar-refractivity contribution is -0.146. The lowest BCUT2D eigenvalue weighted by Gasteiger charge is -2.55. The third-order valence-corrected chi connectivity index (χ3v) is 6.26. The molecule has 0 saturated heterocycles. The van der Waals surface area contributed by atoms with Crippen LogP contribution in [0.3, 0.4) is 0 Å². The van der Waals surface area contributed by atoms with E-state index in [1.807, 2.05) is 0 Å². The molecule has 0 radical (unpaired) electrons. The van der Waals surface area contributed by atoms with E-state index < -0.39 is 0 Å². The van der Waals surface area contributed by atoms with Gasteiger partial charge in [-0.05, 0) is 74.5 Å². The monoisotopic (exact) mass is 293 g/mol. The first kappa shape index (κ1) is 15.3. The smallest absolute Gasteiger partial charge is 0.226 e. The van der Waals surface area contributed by atoms with Gasteiger partial charge in [0.05, 0.1) is 0 Å². The normalized spacial score (nSPS) is 37.8. The van der Waals surface area contributed by atoms with Crippen LogP contribution in [0.15, 0.2) is 0 Å². The van der Waals surface area contributed by atoms with Crippen molar-refractivity contribution in [2.45, 2.75) is 65.2 Å². The molecule has 4 aliphatic rings. The average molecular weight is 293 g/mol. The highest BCUT2D eigenvalue weighted by Crippen LogP contribution is 2.60. The number of aliphatic hydroxyl groups is 1. The Morgan fingerprint density at radius 2 is 1.67 bits per heavy atom. The SMILES string of the molecule is CC(C)(CCCO)CNC(=O)C12CC3CC(CC(C3)C1)C2. The van der Waals surface area contributed by atoms with E-state index in [1.54, 1.807) is 0 Å². The van der Waals surface area contributed by atoms with Gasteiger partial charge in [-0.25, -0.2) is 0 Å². The summed E-state index contributed by atoms with van der Waals surface area (Å²) in [5.41, 5.74) is 0.0580. The molecular formula is C18H31NO2. The standard InChI is InChI=1S/C18H31NO2/c1-17(2,4-3-5-20)12-19-16(21)18-9-13-6-14(10-18)8-15(7-13)11-18/h13-15,20H,3-12H2,1-2H3,(H,19,21). The number of aliphatic hydroxyl groups excluding tert-OH is 1. The van der Waals surface area contributed by atoms with Gasteiger partial charge < -0.3 is 10.4 Å². The molecule has 3 nitrogen and oxygen atoms in total. The van der Waals surface area contributed by atoms with Crippen molar-refractivity contribution in [3.8, 4) is 0 Å². The molecule has 0 aliphatic heterocycles. The molecule has 0 heterocycles. The maximum Gasteiger partial charge on any atom is 0.226 e. The number of hydrogen-bond donors (Lipinski definition) is 2. The summed E-state index contributed by atoms with van der Waals surface area (Å²) in [6, 6.07) is 0. The molecule has 0 spiro atoms. The Morgan fingerprint density at radius 1 is 1.14 bits per heavy atom. The Labute approximate surface area is 128 Å². The van der Waals surface area contributed by atoms with Gasteiger partial charge in [0.15, 0.2) is 0 Å². The van der Waals surface area contributed by atoms with Crippen molar-refractivity contribution in [2.75, 3.05) is 13.2 Å². The van der Waals surface area contributed by atoms with Gasteiger partial charge in [-0.15, -0.1) is 0 Å². The molecule has 0 unspecified atom stereocenters. The second kappa shape index (κ2) is 5.57. The van der Waals surface area contributed by atoms with Gasteiger partial charge in [0.1, 0.15) is 0 Å². The topological polar surface area (TPSA) is 49.3 Å². The maximum absolute atomic E-state index is 12.9. The number of rotatable bonds is 6. The van der Waals surface area contributed by atoms with Crippen molar-refractivity contribution in [3.05, 3.63) is 0 Å². The lowest BCUT2D eigenvalue weighted by atomic mass is 9.49. The summed E-state index contributed by atoms with van der Waals surface area (Å²) < 4.78 is 0. The van der Waals surface area contributed by atoms with Crippen LogP contribution in [0.25, 0.3) is 0 Å². The summed E-state index contributed by atoms with van der Waals surface area (Å²) in [6.07, 6.45) is 9.36. The van der Waals surface area contributed by atoms with Crippen LogP contribution in [0, 0.1) is 28.6 Å². The highest BCUT2D eigenvalue weighted by atomic mass is 16.2. The van der Waals surface area contributed by atoms with Crippen molar-refractivity contribution in [1.29, 1.82) is 0 Å². The fourth-order valence-corrected chi connectivity index (χ4v) is 5.54. The number of carbonyl (C=O) groups excluding carboxylic acids is 1. The largest absolute Gasteiger partial charge is 0.396 e. The number of amides is 1. The molecule has 3 heteroatoms. The summed E-state index contributed by atoms with van der Waals surface area (Å²) in [5.74, 6) is 2.80. The summed E-state index contributed by atoms with van der Waals surface area (Å²) in [5, 5.41) is 12.2. The van der Waals surface area contributed by atoms with Crippen molar-refractivity contribution >= 4 is 5.91 Å². The Balaban J connectivity index is 1.58. The van der Waals surface area contributed by atoms with E-state index in [-0.39, 0.29) is 17.4 Å². The van der Waals surface area contributed by atoms with Gasteiger partial charge in [0.25, 0.3) is 0 Å². The minimum absolute atomic E-state index is 0.0260. The molecule has 0 aromatic heterocycles. The zero-order valence-electron chi connectivity index (χ0n) is 13.7. The molecule has 0 aromatic carbocycles. The molecule has 1 amide bonds. The van der Waals surface area contributed by atoms with Crippen LogP contribution in [0.1, 0.15) is 65.2 Å². The van der Waals surface area contributed by atoms with Crippen LogP contribution in [-0.2, 0) is 4.79 Å². The van der Waals surface area contributed by atoms with E-state index >= 15 is 0 Å². The molecule has 0 aromatic rings. The molecule has 2 N–H and O–H groups in total. The van der Waals surface area contributed by atoms with Crippen LogP contribution >= 0.6 is 0 Å². The Morgan fingerprint density at radius 3 is 2.14 bits per heavy atom. The van der Waals surface area contributed by atoms with E-state index in [2.05, 4.69) is 19.2 Å². The second-order valence-electron chi connectivity index (χ2n) is 8.87. The van der Waals surface area contributed by atoms with Crippen LogP contribution in [-0.4, -0.2) is 24.2 Å². The first-order valence-electron chi connectivity index (χ1n) is 8.82. The summed E-state index contributed by atoms with van der Waals surface area (Å²) >= 11 is 0. The fraction of sp³-hybridized carbons (Fsp3) is 0.944. The van der Waals surface area contributed by atoms with Crippen molar-refractivity contribution < 1.29 is 9.90 Å². The average Bonchev–Trinajstić information content (AvgIpc) is 2.41. The first-order valence-corrected chi connectivity index (χ1v) is 8.82. The van der Waals surface area contributed by atoms with Gasteiger partial charge in [0.2, 0.25) is 5.91 Å². The Bertz CT molecular complexity index is 367. The van der Waals surface area contributed by atoms with Gasteiger partial charge in [0, 0.05) is 18.6 Å². The minimum atomic E-state index is -0.0260. The maximum atomic E-state index is 12.9. The molecule has 4 fully saturated rings. The van der Waals surface area contributed by atoms with Crippen molar-refractivity contribution in [1.82, 2.24) is 5.32 Å². The molecule has 21 heavy (non-hydrogen) atoms.